The summed E-state index contributed by atoms with van der Waals surface area (Å²) in [6, 6.07) is 0. The van der Waals surface area contributed by atoms with Crippen LogP contribution in [0.2, 0.25) is 0 Å². The summed E-state index contributed by atoms with van der Waals surface area (Å²) in [7, 11) is 0. The van der Waals surface area contributed by atoms with Crippen LogP contribution in [0.15, 0.2) is 12.7 Å². The quantitative estimate of drug-likeness (QED) is 0.438. The highest BCUT2D eigenvalue weighted by Crippen LogP contribution is 1.66. The van der Waals surface area contributed by atoms with Crippen LogP contribution in [0.25, 0.3) is 0 Å². The molecule has 1 nitrogen and oxygen atoms in total. The van der Waals surface area contributed by atoms with E-state index < -0.39 is 0 Å². The van der Waals surface area contributed by atoms with Gasteiger partial charge >= 0.3 is 0 Å². The van der Waals surface area contributed by atoms with E-state index in [1.165, 1.54) is 6.42 Å². The Morgan fingerprint density at radius 3 is 1.23 bits per heavy atom. The number of hydrogen-bond donors (Lipinski definition) is 1. The largest absolute Gasteiger partial charge is 0.310 e. The zero-order chi connectivity index (χ0) is 11.7. The molecule has 0 aromatic rings. The Balaban J connectivity index is -0.0000000431. The summed E-state index contributed by atoms with van der Waals surface area (Å²) in [5, 5.41) is 6.50. The van der Waals surface area contributed by atoms with Gasteiger partial charge in [-0.3, -0.25) is 0 Å². The first-order chi connectivity index (χ1) is 6.06. The second-order valence-corrected chi connectivity index (χ2v) is 2.40. The van der Waals surface area contributed by atoms with Crippen molar-refractivity contribution in [2.24, 2.45) is 0 Å². The Labute approximate surface area is 85.8 Å². The normalized spacial score (nSPS) is 5.77. The van der Waals surface area contributed by atoms with Crippen LogP contribution >= 0.6 is 0 Å². The van der Waals surface area contributed by atoms with E-state index >= 15 is 0 Å². The Morgan fingerprint density at radius 1 is 1.15 bits per heavy atom. The number of hydrogen-bond acceptors (Lipinski definition) is 1. The van der Waals surface area contributed by atoms with Gasteiger partial charge in [0.05, 0.1) is 0 Å². The molecule has 0 unspecified atom stereocenters. The Bertz CT molecular complexity index is 71.2. The monoisotopic (exact) mass is 187 g/mol. The molecule has 0 aromatic heterocycles. The molecule has 1 N–H and O–H groups in total. The van der Waals surface area contributed by atoms with Gasteiger partial charge in [0, 0.05) is 5.71 Å². The van der Waals surface area contributed by atoms with Gasteiger partial charge in [0.2, 0.25) is 0 Å². The highest BCUT2D eigenvalue weighted by Gasteiger charge is 1.55. The summed E-state index contributed by atoms with van der Waals surface area (Å²) in [6.07, 6.45) is 4.21. The third-order valence-corrected chi connectivity index (χ3v) is 0.289. The molecule has 0 saturated heterocycles. The van der Waals surface area contributed by atoms with E-state index in [4.69, 9.17) is 5.41 Å². The van der Waals surface area contributed by atoms with Crippen molar-refractivity contribution in [2.45, 2.75) is 61.3 Å². The molecule has 0 spiro atoms. The predicted octanol–water partition coefficient (Wildman–Crippen LogP) is 5.07. The molecule has 0 radical (unpaired) electrons. The van der Waals surface area contributed by atoms with Crippen molar-refractivity contribution in [1.29, 1.82) is 5.41 Å². The molecule has 0 aliphatic heterocycles. The van der Waals surface area contributed by atoms with E-state index in [9.17, 15) is 0 Å². The molecule has 1 heteroatoms. The summed E-state index contributed by atoms with van der Waals surface area (Å²) in [4.78, 5) is 0. The third kappa shape index (κ3) is 6010. The molecule has 0 bridgehead atoms. The lowest BCUT2D eigenvalue weighted by atomic mass is 10.5. The van der Waals surface area contributed by atoms with E-state index in [0.717, 1.165) is 6.42 Å². The Hall–Kier alpha value is -0.590. The summed E-state index contributed by atoms with van der Waals surface area (Å²) in [6.45, 7) is 17.3. The van der Waals surface area contributed by atoms with Crippen LogP contribution in [0.5, 0.6) is 0 Å². The van der Waals surface area contributed by atoms with Crippen LogP contribution < -0.4 is 0 Å². The van der Waals surface area contributed by atoms with Gasteiger partial charge in [-0.1, -0.05) is 47.1 Å². The van der Waals surface area contributed by atoms with Gasteiger partial charge in [-0.2, -0.15) is 0 Å². The van der Waals surface area contributed by atoms with Crippen LogP contribution in [0.4, 0.5) is 0 Å². The first kappa shape index (κ1) is 22.8. The molecule has 0 aromatic carbocycles. The van der Waals surface area contributed by atoms with Crippen molar-refractivity contribution in [3.05, 3.63) is 12.7 Å². The lowest BCUT2D eigenvalue weighted by molar-refractivity contribution is 1.09. The predicted molar refractivity (Wildman–Crippen MR) is 66.9 cm³/mol. The highest BCUT2D eigenvalue weighted by atomic mass is 14.3. The van der Waals surface area contributed by atoms with Gasteiger partial charge in [-0.15, -0.1) is 6.58 Å². The van der Waals surface area contributed by atoms with Gasteiger partial charge in [-0.05, 0) is 20.3 Å². The average molecular weight is 187 g/mol. The van der Waals surface area contributed by atoms with Crippen LogP contribution in [-0.2, 0) is 0 Å². The number of allylic oxidation sites excluding steroid dienone is 1. The van der Waals surface area contributed by atoms with E-state index in [1.54, 1.807) is 13.8 Å². The molecule has 0 amide bonds. The summed E-state index contributed by atoms with van der Waals surface area (Å²) in [5.74, 6) is 0. The topological polar surface area (TPSA) is 23.9 Å². The van der Waals surface area contributed by atoms with Crippen molar-refractivity contribution in [3.8, 4) is 0 Å². The zero-order valence-corrected chi connectivity index (χ0v) is 10.7. The van der Waals surface area contributed by atoms with Crippen LogP contribution in [0.1, 0.15) is 61.3 Å². The first-order valence-corrected chi connectivity index (χ1v) is 5.19. The third-order valence-electron chi connectivity index (χ3n) is 0.289. The van der Waals surface area contributed by atoms with Gasteiger partial charge in [0.25, 0.3) is 0 Å². The fourth-order valence-corrected chi connectivity index (χ4v) is 0. The fourth-order valence-electron chi connectivity index (χ4n) is 0. The maximum absolute atomic E-state index is 6.50. The SMILES string of the molecule is C=CCC.CC.CC(C)=N.CCC. The van der Waals surface area contributed by atoms with Gasteiger partial charge in [0.1, 0.15) is 0 Å². The molecule has 0 atom stereocenters. The zero-order valence-electron chi connectivity index (χ0n) is 10.7. The summed E-state index contributed by atoms with van der Waals surface area (Å²) >= 11 is 0. The van der Waals surface area contributed by atoms with Crippen molar-refractivity contribution in [2.75, 3.05) is 0 Å². The smallest absolute Gasteiger partial charge is 0.00272 e. The van der Waals surface area contributed by atoms with Crippen LogP contribution in [-0.4, -0.2) is 5.71 Å². The van der Waals surface area contributed by atoms with Gasteiger partial charge in [0.15, 0.2) is 0 Å². The van der Waals surface area contributed by atoms with E-state index in [0.29, 0.717) is 5.71 Å². The van der Waals surface area contributed by atoms with Crippen LogP contribution in [0.3, 0.4) is 0 Å². The first-order valence-electron chi connectivity index (χ1n) is 5.19. The van der Waals surface area contributed by atoms with E-state index in [1.807, 2.05) is 19.9 Å². The summed E-state index contributed by atoms with van der Waals surface area (Å²) in [5.41, 5.74) is 0.667. The number of nitrogens with one attached hydrogen (secondary N) is 1. The Kier molecular flexibility index (Phi) is 74.2. The van der Waals surface area contributed by atoms with Crippen molar-refractivity contribution in [1.82, 2.24) is 0 Å². The minimum Gasteiger partial charge on any atom is -0.310 e. The molecule has 0 aliphatic rings. The van der Waals surface area contributed by atoms with E-state index in [2.05, 4.69) is 27.4 Å². The number of rotatable bonds is 1. The molecule has 0 heterocycles. The van der Waals surface area contributed by atoms with Crippen molar-refractivity contribution >= 4 is 5.71 Å². The average Bonchev–Trinajstić information content (AvgIpc) is 2.08. The maximum atomic E-state index is 6.50. The molecular formula is C12H29N. The Morgan fingerprint density at radius 2 is 1.23 bits per heavy atom. The standard InChI is InChI=1S/C4H8.C3H7N.C3H8.C2H6/c1-3-4-2;1-3(2)4;1-3-2;1-2/h3H,1,4H2,2H3;4H,1-2H3;3H2,1-2H3;1-2H3. The molecule has 0 fully saturated rings. The molecule has 13 heavy (non-hydrogen) atoms. The maximum Gasteiger partial charge on any atom is 0.00272 e. The fraction of sp³-hybridized carbons (Fsp3) is 0.750. The van der Waals surface area contributed by atoms with Gasteiger partial charge < -0.3 is 5.41 Å². The van der Waals surface area contributed by atoms with Crippen LogP contribution in [0, 0.1) is 5.41 Å². The minimum atomic E-state index is 0.667. The van der Waals surface area contributed by atoms with Crippen molar-refractivity contribution < 1.29 is 0 Å². The minimum absolute atomic E-state index is 0.667. The highest BCUT2D eigenvalue weighted by molar-refractivity contribution is 5.75. The molecule has 0 rings (SSSR count). The lowest BCUT2D eigenvalue weighted by Gasteiger charge is -1.63. The molecule has 0 aliphatic carbocycles. The summed E-state index contributed by atoms with van der Waals surface area (Å²) < 4.78 is 0. The second-order valence-electron chi connectivity index (χ2n) is 2.40. The lowest BCUT2D eigenvalue weighted by Crippen LogP contribution is -1.67. The van der Waals surface area contributed by atoms with E-state index in [-0.39, 0.29) is 0 Å². The van der Waals surface area contributed by atoms with Gasteiger partial charge in [-0.25, -0.2) is 0 Å². The second kappa shape index (κ2) is 42.2. The van der Waals surface area contributed by atoms with Crippen molar-refractivity contribution in [3.63, 3.8) is 0 Å². The molecule has 0 saturated carbocycles. The molecular weight excluding hydrogens is 158 g/mol. The molecule has 82 valence electrons.